The molecule has 2 aromatic heterocycles. The summed E-state index contributed by atoms with van der Waals surface area (Å²) in [6.07, 6.45) is 2.01. The largest absolute Gasteiger partial charge is 0.371 e. The van der Waals surface area contributed by atoms with Crippen LogP contribution in [-0.4, -0.2) is 45.8 Å². The highest BCUT2D eigenvalue weighted by atomic mass is 32.1. The number of rotatable bonds is 5. The number of nitro benzene ring substituents is 1. The van der Waals surface area contributed by atoms with Crippen molar-refractivity contribution in [2.24, 2.45) is 5.92 Å². The molecule has 0 spiro atoms. The Kier molecular flexibility index (Phi) is 5.73. The van der Waals surface area contributed by atoms with E-state index in [2.05, 4.69) is 21.8 Å². The Balaban J connectivity index is 1.64. The average molecular weight is 442 g/mol. The Hall–Kier alpha value is -3.27. The third kappa shape index (κ3) is 4.29. The van der Waals surface area contributed by atoms with Crippen LogP contribution in [0.1, 0.15) is 35.9 Å². The molecule has 0 unspecified atom stereocenters. The van der Waals surface area contributed by atoms with Crippen molar-refractivity contribution in [3.05, 3.63) is 61.5 Å². The number of nitro groups is 1. The number of piperidine rings is 1. The SMILES string of the molecule is CC1CCN(c2ccc([N+](=O)[O-])cc2C(=O)N(C)Cc2nc3ccsc3c(=O)[nH]2)CC1. The van der Waals surface area contributed by atoms with Gasteiger partial charge in [-0.05, 0) is 36.3 Å². The van der Waals surface area contributed by atoms with Crippen LogP contribution >= 0.6 is 11.3 Å². The van der Waals surface area contributed by atoms with Crippen molar-refractivity contribution in [1.82, 2.24) is 14.9 Å². The number of thiophene rings is 1. The Morgan fingerprint density at radius 3 is 2.81 bits per heavy atom. The van der Waals surface area contributed by atoms with E-state index in [-0.39, 0.29) is 29.3 Å². The standard InChI is InChI=1S/C21H23N5O4S/c1-13-5-8-25(9-6-13)17-4-3-14(26(29)30)11-15(17)21(28)24(2)12-18-22-16-7-10-31-19(16)20(27)23-18/h3-4,7,10-11,13H,5-6,8-9,12H2,1-2H3,(H,22,23,27). The van der Waals surface area contributed by atoms with Gasteiger partial charge < -0.3 is 14.8 Å². The van der Waals surface area contributed by atoms with Crippen molar-refractivity contribution in [2.45, 2.75) is 26.3 Å². The zero-order chi connectivity index (χ0) is 22.1. The van der Waals surface area contributed by atoms with E-state index in [0.29, 0.717) is 27.6 Å². The van der Waals surface area contributed by atoms with Gasteiger partial charge in [-0.1, -0.05) is 6.92 Å². The van der Waals surface area contributed by atoms with Gasteiger partial charge in [0.1, 0.15) is 10.5 Å². The number of carbonyl (C=O) groups is 1. The van der Waals surface area contributed by atoms with Gasteiger partial charge in [-0.3, -0.25) is 19.7 Å². The van der Waals surface area contributed by atoms with E-state index in [1.807, 2.05) is 0 Å². The summed E-state index contributed by atoms with van der Waals surface area (Å²) in [6.45, 7) is 3.88. The molecule has 1 saturated heterocycles. The van der Waals surface area contributed by atoms with Crippen LogP contribution in [-0.2, 0) is 6.54 Å². The monoisotopic (exact) mass is 441 g/mol. The van der Waals surface area contributed by atoms with Crippen LogP contribution in [0.5, 0.6) is 0 Å². The Labute approximate surface area is 182 Å². The van der Waals surface area contributed by atoms with Gasteiger partial charge in [-0.2, -0.15) is 0 Å². The lowest BCUT2D eigenvalue weighted by Crippen LogP contribution is -2.35. The molecule has 1 aromatic carbocycles. The van der Waals surface area contributed by atoms with Crippen molar-refractivity contribution < 1.29 is 9.72 Å². The number of aromatic amines is 1. The lowest BCUT2D eigenvalue weighted by molar-refractivity contribution is -0.384. The fraction of sp³-hybridized carbons (Fsp3) is 0.381. The quantitative estimate of drug-likeness (QED) is 0.480. The van der Waals surface area contributed by atoms with Crippen LogP contribution in [0.25, 0.3) is 10.2 Å². The first kappa shape index (κ1) is 21.0. The highest BCUT2D eigenvalue weighted by Crippen LogP contribution is 2.30. The van der Waals surface area contributed by atoms with Gasteiger partial charge in [-0.25, -0.2) is 4.98 Å². The summed E-state index contributed by atoms with van der Waals surface area (Å²) < 4.78 is 0.540. The zero-order valence-corrected chi connectivity index (χ0v) is 18.1. The average Bonchev–Trinajstić information content (AvgIpc) is 3.22. The lowest BCUT2D eigenvalue weighted by Gasteiger charge is -2.33. The predicted molar refractivity (Wildman–Crippen MR) is 120 cm³/mol. The molecule has 3 heterocycles. The van der Waals surface area contributed by atoms with E-state index < -0.39 is 4.92 Å². The number of non-ortho nitro benzene ring substituents is 1. The Bertz CT molecular complexity index is 1200. The van der Waals surface area contributed by atoms with Gasteiger partial charge >= 0.3 is 0 Å². The van der Waals surface area contributed by atoms with Crippen LogP contribution in [0.3, 0.4) is 0 Å². The van der Waals surface area contributed by atoms with Crippen LogP contribution in [0, 0.1) is 16.0 Å². The fourth-order valence-electron chi connectivity index (χ4n) is 3.83. The predicted octanol–water partition coefficient (Wildman–Crippen LogP) is 3.40. The molecule has 1 amide bonds. The minimum Gasteiger partial charge on any atom is -0.371 e. The molecule has 0 saturated carbocycles. The molecule has 31 heavy (non-hydrogen) atoms. The summed E-state index contributed by atoms with van der Waals surface area (Å²) in [5.41, 5.74) is 1.20. The van der Waals surface area contributed by atoms with E-state index in [4.69, 9.17) is 0 Å². The van der Waals surface area contributed by atoms with E-state index in [9.17, 15) is 19.7 Å². The van der Waals surface area contributed by atoms with Gasteiger partial charge in [0.25, 0.3) is 17.2 Å². The molecule has 4 rings (SSSR count). The summed E-state index contributed by atoms with van der Waals surface area (Å²) in [4.78, 5) is 47.0. The number of anilines is 1. The van der Waals surface area contributed by atoms with E-state index in [0.717, 1.165) is 25.9 Å². The lowest BCUT2D eigenvalue weighted by atomic mass is 9.97. The molecule has 0 radical (unpaired) electrons. The molecule has 0 bridgehead atoms. The third-order valence-electron chi connectivity index (χ3n) is 5.64. The third-order valence-corrected chi connectivity index (χ3v) is 6.55. The summed E-state index contributed by atoms with van der Waals surface area (Å²) in [5.74, 6) is 0.627. The number of nitrogens with zero attached hydrogens (tertiary/aromatic N) is 4. The molecular formula is C21H23N5O4S. The number of benzene rings is 1. The number of aromatic nitrogens is 2. The number of amides is 1. The van der Waals surface area contributed by atoms with E-state index >= 15 is 0 Å². The zero-order valence-electron chi connectivity index (χ0n) is 17.3. The molecular weight excluding hydrogens is 418 g/mol. The normalized spacial score (nSPS) is 14.7. The van der Waals surface area contributed by atoms with Crippen LogP contribution in [0.4, 0.5) is 11.4 Å². The highest BCUT2D eigenvalue weighted by molar-refractivity contribution is 7.17. The molecule has 1 aliphatic heterocycles. The second-order valence-electron chi connectivity index (χ2n) is 7.94. The van der Waals surface area contributed by atoms with Gasteiger partial charge in [0.05, 0.1) is 28.2 Å². The van der Waals surface area contributed by atoms with Crippen LogP contribution in [0.15, 0.2) is 34.4 Å². The molecule has 1 aliphatic rings. The molecule has 0 aliphatic carbocycles. The number of nitrogens with one attached hydrogen (secondary N) is 1. The van der Waals surface area contributed by atoms with Crippen molar-refractivity contribution >= 4 is 38.8 Å². The maximum absolute atomic E-state index is 13.3. The van der Waals surface area contributed by atoms with Crippen molar-refractivity contribution in [3.63, 3.8) is 0 Å². The van der Waals surface area contributed by atoms with Crippen molar-refractivity contribution in [1.29, 1.82) is 0 Å². The van der Waals surface area contributed by atoms with Crippen LogP contribution < -0.4 is 10.5 Å². The Morgan fingerprint density at radius 1 is 1.35 bits per heavy atom. The number of H-pyrrole nitrogens is 1. The first-order valence-electron chi connectivity index (χ1n) is 10.1. The molecule has 1 fully saturated rings. The smallest absolute Gasteiger partial charge is 0.270 e. The highest BCUT2D eigenvalue weighted by Gasteiger charge is 2.25. The topological polar surface area (TPSA) is 112 Å². The summed E-state index contributed by atoms with van der Waals surface area (Å²) in [6, 6.07) is 6.20. The van der Waals surface area contributed by atoms with Crippen molar-refractivity contribution in [3.8, 4) is 0 Å². The number of hydrogen-bond acceptors (Lipinski definition) is 7. The second kappa shape index (κ2) is 8.46. The molecule has 1 N–H and O–H groups in total. The number of hydrogen-bond donors (Lipinski definition) is 1. The van der Waals surface area contributed by atoms with Crippen LogP contribution in [0.2, 0.25) is 0 Å². The first-order chi connectivity index (χ1) is 14.8. The summed E-state index contributed by atoms with van der Waals surface area (Å²) >= 11 is 1.31. The number of fused-ring (bicyclic) bond motifs is 1. The van der Waals surface area contributed by atoms with E-state index in [1.54, 1.807) is 24.6 Å². The Morgan fingerprint density at radius 2 is 2.10 bits per heavy atom. The minimum absolute atomic E-state index is 0.0824. The molecule has 162 valence electrons. The maximum atomic E-state index is 13.3. The summed E-state index contributed by atoms with van der Waals surface area (Å²) in [7, 11) is 1.60. The van der Waals surface area contributed by atoms with Gasteiger partial charge in [0.15, 0.2) is 0 Å². The molecule has 3 aromatic rings. The fourth-order valence-corrected chi connectivity index (χ4v) is 4.56. The summed E-state index contributed by atoms with van der Waals surface area (Å²) in [5, 5.41) is 13.1. The minimum atomic E-state index is -0.498. The van der Waals surface area contributed by atoms with Gasteiger partial charge in [0.2, 0.25) is 0 Å². The first-order valence-corrected chi connectivity index (χ1v) is 11.0. The van der Waals surface area contributed by atoms with E-state index in [1.165, 1.54) is 28.4 Å². The van der Waals surface area contributed by atoms with Crippen molar-refractivity contribution in [2.75, 3.05) is 25.0 Å². The second-order valence-corrected chi connectivity index (χ2v) is 8.85. The van der Waals surface area contributed by atoms with Gasteiger partial charge in [0, 0.05) is 32.3 Å². The van der Waals surface area contributed by atoms with Gasteiger partial charge in [-0.15, -0.1) is 11.3 Å². The maximum Gasteiger partial charge on any atom is 0.270 e. The molecule has 0 atom stereocenters. The molecule has 9 nitrogen and oxygen atoms in total. The molecule has 10 heteroatoms. The number of carbonyl (C=O) groups excluding carboxylic acids is 1.